The third kappa shape index (κ3) is 3.95. The van der Waals surface area contributed by atoms with Gasteiger partial charge in [-0.05, 0) is 66.7 Å². The second-order valence-electron chi connectivity index (χ2n) is 8.45. The topological polar surface area (TPSA) is 41.9 Å². The van der Waals surface area contributed by atoms with Gasteiger partial charge >= 0.3 is 0 Å². The van der Waals surface area contributed by atoms with Crippen LogP contribution in [0.25, 0.3) is 0 Å². The van der Waals surface area contributed by atoms with Gasteiger partial charge < -0.3 is 14.6 Å². The minimum atomic E-state index is 0.233. The van der Waals surface area contributed by atoms with Crippen molar-refractivity contribution >= 4 is 0 Å². The lowest BCUT2D eigenvalue weighted by atomic mass is 9.75. The number of piperidine rings is 1. The van der Waals surface area contributed by atoms with Gasteiger partial charge in [-0.3, -0.25) is 4.90 Å². The standard InChI is InChI=1S/C21H33NO3/c1-21(2,8-10-23)13-15-5-6-18-17-12-20(25-4)19(24-3)11-16(17)7-9-22(18)14-15/h11-12,15,18,23H,5-10,13-14H2,1-4H3/t15-,18-/m1/s1. The second-order valence-corrected chi connectivity index (χ2v) is 8.45. The summed E-state index contributed by atoms with van der Waals surface area (Å²) in [5.41, 5.74) is 3.08. The molecule has 1 aromatic rings. The summed E-state index contributed by atoms with van der Waals surface area (Å²) in [4.78, 5) is 2.66. The van der Waals surface area contributed by atoms with E-state index >= 15 is 0 Å². The Bertz CT molecular complexity index is 599. The van der Waals surface area contributed by atoms with E-state index in [1.807, 2.05) is 0 Å². The molecule has 1 N–H and O–H groups in total. The van der Waals surface area contributed by atoms with Crippen LogP contribution in [0.3, 0.4) is 0 Å². The van der Waals surface area contributed by atoms with Gasteiger partial charge in [-0.15, -0.1) is 0 Å². The van der Waals surface area contributed by atoms with E-state index < -0.39 is 0 Å². The fraction of sp³-hybridized carbons (Fsp3) is 0.714. The second kappa shape index (κ2) is 7.55. The lowest BCUT2D eigenvalue weighted by Gasteiger charge is -2.45. The molecule has 3 rings (SSSR count). The summed E-state index contributed by atoms with van der Waals surface area (Å²) in [6.45, 7) is 7.17. The summed E-state index contributed by atoms with van der Waals surface area (Å²) in [5.74, 6) is 2.42. The van der Waals surface area contributed by atoms with Crippen molar-refractivity contribution in [3.8, 4) is 11.5 Å². The molecule has 0 aromatic heterocycles. The minimum absolute atomic E-state index is 0.233. The van der Waals surface area contributed by atoms with Crippen molar-refractivity contribution in [1.82, 2.24) is 4.90 Å². The van der Waals surface area contributed by atoms with Gasteiger partial charge in [0.25, 0.3) is 0 Å². The van der Waals surface area contributed by atoms with Crippen LogP contribution in [-0.2, 0) is 6.42 Å². The SMILES string of the molecule is COc1cc2c(cc1OC)[C@H]1CC[C@H](CC(C)(C)CCO)CN1CC2. The zero-order chi connectivity index (χ0) is 18.0. The first kappa shape index (κ1) is 18.5. The van der Waals surface area contributed by atoms with E-state index in [1.54, 1.807) is 14.2 Å². The van der Waals surface area contributed by atoms with Gasteiger partial charge in [0, 0.05) is 25.7 Å². The molecule has 0 unspecified atom stereocenters. The predicted octanol–water partition coefficient (Wildman–Crippen LogP) is 3.81. The molecule has 4 heteroatoms. The number of methoxy groups -OCH3 is 2. The average molecular weight is 347 g/mol. The number of nitrogens with zero attached hydrogens (tertiary/aromatic N) is 1. The minimum Gasteiger partial charge on any atom is -0.493 e. The lowest BCUT2D eigenvalue weighted by Crippen LogP contribution is -2.43. The van der Waals surface area contributed by atoms with Crippen molar-refractivity contribution in [3.05, 3.63) is 23.3 Å². The van der Waals surface area contributed by atoms with Crippen molar-refractivity contribution in [2.24, 2.45) is 11.3 Å². The van der Waals surface area contributed by atoms with E-state index in [0.717, 1.165) is 36.8 Å². The summed E-state index contributed by atoms with van der Waals surface area (Å²) in [6, 6.07) is 4.88. The van der Waals surface area contributed by atoms with E-state index in [9.17, 15) is 5.11 Å². The summed E-state index contributed by atoms with van der Waals surface area (Å²) in [7, 11) is 3.42. The van der Waals surface area contributed by atoms with Crippen LogP contribution in [0.4, 0.5) is 0 Å². The molecule has 2 heterocycles. The van der Waals surface area contributed by atoms with Crippen LogP contribution in [0.1, 0.15) is 56.7 Å². The highest BCUT2D eigenvalue weighted by Gasteiger charge is 2.35. The summed E-state index contributed by atoms with van der Waals surface area (Å²) >= 11 is 0. The molecule has 0 saturated carbocycles. The maximum Gasteiger partial charge on any atom is 0.161 e. The number of hydrogen-bond donors (Lipinski definition) is 1. The Morgan fingerprint density at radius 3 is 2.56 bits per heavy atom. The number of fused-ring (bicyclic) bond motifs is 3. The van der Waals surface area contributed by atoms with Crippen LogP contribution in [0.2, 0.25) is 0 Å². The molecule has 4 nitrogen and oxygen atoms in total. The molecule has 0 spiro atoms. The van der Waals surface area contributed by atoms with E-state index in [0.29, 0.717) is 12.6 Å². The third-order valence-electron chi connectivity index (χ3n) is 6.08. The monoisotopic (exact) mass is 347 g/mol. The first-order chi connectivity index (χ1) is 12.0. The zero-order valence-electron chi connectivity index (χ0n) is 16.2. The Labute approximate surface area is 152 Å². The van der Waals surface area contributed by atoms with Crippen molar-refractivity contribution < 1.29 is 14.6 Å². The molecular weight excluding hydrogens is 314 g/mol. The first-order valence-corrected chi connectivity index (χ1v) is 9.57. The number of aliphatic hydroxyl groups is 1. The summed E-state index contributed by atoms with van der Waals surface area (Å²) in [5, 5.41) is 9.29. The van der Waals surface area contributed by atoms with Gasteiger partial charge in [-0.25, -0.2) is 0 Å². The Morgan fingerprint density at radius 1 is 1.16 bits per heavy atom. The molecule has 0 radical (unpaired) electrons. The maximum atomic E-state index is 9.29. The number of hydrogen-bond acceptors (Lipinski definition) is 4. The van der Waals surface area contributed by atoms with Gasteiger partial charge in [0.15, 0.2) is 11.5 Å². The molecular formula is C21H33NO3. The smallest absolute Gasteiger partial charge is 0.161 e. The lowest BCUT2D eigenvalue weighted by molar-refractivity contribution is 0.0703. The molecule has 2 aliphatic rings. The molecule has 2 atom stereocenters. The summed E-state index contributed by atoms with van der Waals surface area (Å²) < 4.78 is 11.0. The molecule has 1 aromatic carbocycles. The average Bonchev–Trinajstić information content (AvgIpc) is 2.59. The Morgan fingerprint density at radius 2 is 1.88 bits per heavy atom. The number of rotatable bonds is 6. The normalized spacial score (nSPS) is 23.7. The fourth-order valence-corrected chi connectivity index (χ4v) is 4.81. The number of ether oxygens (including phenoxy) is 2. The van der Waals surface area contributed by atoms with Crippen LogP contribution in [0, 0.1) is 11.3 Å². The molecule has 0 aliphatic carbocycles. The van der Waals surface area contributed by atoms with Crippen molar-refractivity contribution in [2.45, 2.75) is 52.0 Å². The van der Waals surface area contributed by atoms with Crippen LogP contribution >= 0.6 is 0 Å². The Hall–Kier alpha value is -1.26. The molecule has 1 saturated heterocycles. The number of aliphatic hydroxyl groups excluding tert-OH is 1. The zero-order valence-corrected chi connectivity index (χ0v) is 16.2. The number of benzene rings is 1. The Balaban J connectivity index is 1.74. The third-order valence-corrected chi connectivity index (χ3v) is 6.08. The van der Waals surface area contributed by atoms with E-state index in [1.165, 1.54) is 36.9 Å². The molecule has 2 aliphatic heterocycles. The molecule has 0 amide bonds. The van der Waals surface area contributed by atoms with E-state index in [2.05, 4.69) is 30.9 Å². The molecule has 0 bridgehead atoms. The Kier molecular flexibility index (Phi) is 5.59. The fourth-order valence-electron chi connectivity index (χ4n) is 4.81. The van der Waals surface area contributed by atoms with Crippen LogP contribution < -0.4 is 9.47 Å². The van der Waals surface area contributed by atoms with Gasteiger partial charge in [0.1, 0.15) is 0 Å². The van der Waals surface area contributed by atoms with Crippen LogP contribution in [0.5, 0.6) is 11.5 Å². The van der Waals surface area contributed by atoms with Crippen molar-refractivity contribution in [1.29, 1.82) is 0 Å². The molecule has 140 valence electrons. The maximum absolute atomic E-state index is 9.29. The van der Waals surface area contributed by atoms with Gasteiger partial charge in [0.05, 0.1) is 14.2 Å². The van der Waals surface area contributed by atoms with Crippen LogP contribution in [-0.4, -0.2) is 43.9 Å². The van der Waals surface area contributed by atoms with E-state index in [-0.39, 0.29) is 5.41 Å². The van der Waals surface area contributed by atoms with Crippen LogP contribution in [0.15, 0.2) is 12.1 Å². The highest BCUT2D eigenvalue weighted by atomic mass is 16.5. The summed E-state index contributed by atoms with van der Waals surface area (Å²) in [6.07, 6.45) is 5.66. The van der Waals surface area contributed by atoms with Gasteiger partial charge in [-0.2, -0.15) is 0 Å². The van der Waals surface area contributed by atoms with Crippen molar-refractivity contribution in [3.63, 3.8) is 0 Å². The van der Waals surface area contributed by atoms with Gasteiger partial charge in [-0.1, -0.05) is 13.8 Å². The first-order valence-electron chi connectivity index (χ1n) is 9.57. The van der Waals surface area contributed by atoms with Gasteiger partial charge in [0.2, 0.25) is 0 Å². The predicted molar refractivity (Wildman–Crippen MR) is 100 cm³/mol. The molecule has 25 heavy (non-hydrogen) atoms. The largest absolute Gasteiger partial charge is 0.493 e. The highest BCUT2D eigenvalue weighted by Crippen LogP contribution is 2.44. The van der Waals surface area contributed by atoms with Crippen molar-refractivity contribution in [2.75, 3.05) is 33.9 Å². The highest BCUT2D eigenvalue weighted by molar-refractivity contribution is 5.49. The van der Waals surface area contributed by atoms with E-state index in [4.69, 9.17) is 9.47 Å². The quantitative estimate of drug-likeness (QED) is 0.850. The molecule has 1 fully saturated rings.